The van der Waals surface area contributed by atoms with Crippen molar-refractivity contribution in [1.29, 1.82) is 0 Å². The first-order chi connectivity index (χ1) is 14.6. The second kappa shape index (κ2) is 8.53. The van der Waals surface area contributed by atoms with Crippen molar-refractivity contribution >= 4 is 28.5 Å². The molecule has 0 spiro atoms. The summed E-state index contributed by atoms with van der Waals surface area (Å²) in [5.41, 5.74) is 1.64. The Balaban J connectivity index is 1.59. The van der Waals surface area contributed by atoms with Gasteiger partial charge in [0.05, 0.1) is 7.11 Å². The number of furan rings is 1. The highest BCUT2D eigenvalue weighted by molar-refractivity contribution is 5.98. The fraction of sp³-hybridized carbons (Fsp3) is 0.0833. The normalized spacial score (nSPS) is 11.6. The number of hydrogen-bond donors (Lipinski definition) is 1. The van der Waals surface area contributed by atoms with Crippen LogP contribution in [0.1, 0.15) is 22.2 Å². The van der Waals surface area contributed by atoms with Crippen LogP contribution in [-0.2, 0) is 9.53 Å². The van der Waals surface area contributed by atoms with E-state index in [4.69, 9.17) is 13.9 Å². The van der Waals surface area contributed by atoms with Crippen LogP contribution in [0.15, 0.2) is 89.3 Å². The first-order valence-corrected chi connectivity index (χ1v) is 9.33. The Bertz CT molecular complexity index is 1150. The van der Waals surface area contributed by atoms with Gasteiger partial charge in [-0.3, -0.25) is 4.79 Å². The quantitative estimate of drug-likeness (QED) is 0.461. The third-order valence-electron chi connectivity index (χ3n) is 4.53. The highest BCUT2D eigenvalue weighted by Gasteiger charge is 2.27. The number of nitrogens with one attached hydrogen (secondary N) is 1. The van der Waals surface area contributed by atoms with E-state index in [1.807, 2.05) is 24.3 Å². The molecule has 6 heteroatoms. The zero-order valence-corrected chi connectivity index (χ0v) is 16.2. The van der Waals surface area contributed by atoms with E-state index in [2.05, 4.69) is 5.32 Å². The molecule has 0 saturated carbocycles. The van der Waals surface area contributed by atoms with Crippen molar-refractivity contribution in [2.45, 2.75) is 6.10 Å². The van der Waals surface area contributed by atoms with Gasteiger partial charge in [-0.1, -0.05) is 54.6 Å². The Hall–Kier alpha value is -4.06. The number of carbonyl (C=O) groups excluding carboxylic acids is 2. The monoisotopic (exact) mass is 401 g/mol. The van der Waals surface area contributed by atoms with Crippen LogP contribution in [0.25, 0.3) is 11.0 Å². The SMILES string of the molecule is COc1cccc(NC(=O)[C@H](OC(=O)c2cc3ccccc3o2)c2ccccc2)c1. The Morgan fingerprint density at radius 2 is 1.67 bits per heavy atom. The van der Waals surface area contributed by atoms with Gasteiger partial charge in [-0.05, 0) is 24.3 Å². The molecule has 1 N–H and O–H groups in total. The van der Waals surface area contributed by atoms with E-state index in [1.54, 1.807) is 67.8 Å². The predicted molar refractivity (Wildman–Crippen MR) is 112 cm³/mol. The lowest BCUT2D eigenvalue weighted by molar-refractivity contribution is -0.125. The first-order valence-electron chi connectivity index (χ1n) is 9.33. The summed E-state index contributed by atoms with van der Waals surface area (Å²) in [6.45, 7) is 0. The van der Waals surface area contributed by atoms with E-state index >= 15 is 0 Å². The number of benzene rings is 3. The molecule has 0 aliphatic heterocycles. The second-order valence-corrected chi connectivity index (χ2v) is 6.57. The van der Waals surface area contributed by atoms with Gasteiger partial charge in [0.1, 0.15) is 11.3 Å². The number of carbonyl (C=O) groups is 2. The van der Waals surface area contributed by atoms with Gasteiger partial charge in [0, 0.05) is 22.7 Å². The Morgan fingerprint density at radius 1 is 0.900 bits per heavy atom. The largest absolute Gasteiger partial charge is 0.497 e. The number of anilines is 1. The topological polar surface area (TPSA) is 77.8 Å². The van der Waals surface area contributed by atoms with Crippen molar-refractivity contribution in [2.75, 3.05) is 12.4 Å². The molecule has 0 radical (unpaired) electrons. The molecular formula is C24H19NO5. The average Bonchev–Trinajstić information content (AvgIpc) is 3.22. The maximum Gasteiger partial charge on any atom is 0.375 e. The van der Waals surface area contributed by atoms with E-state index in [1.165, 1.54) is 0 Å². The van der Waals surface area contributed by atoms with Crippen LogP contribution in [0.3, 0.4) is 0 Å². The number of para-hydroxylation sites is 1. The van der Waals surface area contributed by atoms with Gasteiger partial charge < -0.3 is 19.2 Å². The molecule has 150 valence electrons. The standard InChI is InChI=1S/C24H19NO5/c1-28-19-12-7-11-18(15-19)25-23(26)22(16-8-3-2-4-9-16)30-24(27)21-14-17-10-5-6-13-20(17)29-21/h2-15,22H,1H3,(H,25,26)/t22-/m1/s1. The summed E-state index contributed by atoms with van der Waals surface area (Å²) in [4.78, 5) is 25.7. The van der Waals surface area contributed by atoms with Crippen LogP contribution in [0.5, 0.6) is 5.75 Å². The molecule has 0 bridgehead atoms. The van der Waals surface area contributed by atoms with Crippen LogP contribution < -0.4 is 10.1 Å². The molecule has 0 fully saturated rings. The number of esters is 1. The molecule has 1 amide bonds. The lowest BCUT2D eigenvalue weighted by Crippen LogP contribution is -2.25. The zero-order valence-electron chi connectivity index (χ0n) is 16.2. The molecule has 3 aromatic carbocycles. The molecule has 1 aromatic heterocycles. The van der Waals surface area contributed by atoms with Crippen LogP contribution in [-0.4, -0.2) is 19.0 Å². The average molecular weight is 401 g/mol. The van der Waals surface area contributed by atoms with Crippen molar-refractivity contribution in [3.63, 3.8) is 0 Å². The van der Waals surface area contributed by atoms with Crippen LogP contribution in [0, 0.1) is 0 Å². The number of hydrogen-bond acceptors (Lipinski definition) is 5. The Labute approximate surface area is 173 Å². The highest BCUT2D eigenvalue weighted by atomic mass is 16.6. The Morgan fingerprint density at radius 3 is 2.43 bits per heavy atom. The maximum absolute atomic E-state index is 13.0. The van der Waals surface area contributed by atoms with Gasteiger partial charge in [-0.15, -0.1) is 0 Å². The van der Waals surface area contributed by atoms with E-state index in [-0.39, 0.29) is 5.76 Å². The number of ether oxygens (including phenoxy) is 2. The molecule has 1 atom stereocenters. The van der Waals surface area contributed by atoms with E-state index in [0.717, 1.165) is 5.39 Å². The predicted octanol–water partition coefficient (Wildman–Crippen LogP) is 4.98. The summed E-state index contributed by atoms with van der Waals surface area (Å²) >= 11 is 0. The fourth-order valence-electron chi connectivity index (χ4n) is 3.06. The lowest BCUT2D eigenvalue weighted by atomic mass is 10.1. The van der Waals surface area contributed by atoms with Crippen LogP contribution >= 0.6 is 0 Å². The fourth-order valence-corrected chi connectivity index (χ4v) is 3.06. The van der Waals surface area contributed by atoms with Crippen molar-refractivity contribution in [2.24, 2.45) is 0 Å². The maximum atomic E-state index is 13.0. The number of amides is 1. The van der Waals surface area contributed by atoms with E-state index < -0.39 is 18.0 Å². The summed E-state index contributed by atoms with van der Waals surface area (Å²) in [7, 11) is 1.54. The van der Waals surface area contributed by atoms with Crippen molar-refractivity contribution < 1.29 is 23.5 Å². The summed E-state index contributed by atoms with van der Waals surface area (Å²) in [6, 6.07) is 24.6. The molecule has 0 aliphatic rings. The van der Waals surface area contributed by atoms with Crippen molar-refractivity contribution in [3.05, 3.63) is 96.3 Å². The molecule has 0 unspecified atom stereocenters. The molecule has 0 saturated heterocycles. The minimum atomic E-state index is -1.15. The molecule has 4 aromatic rings. The third-order valence-corrected chi connectivity index (χ3v) is 4.53. The van der Waals surface area contributed by atoms with Gasteiger partial charge in [0.15, 0.2) is 0 Å². The molecule has 0 aliphatic carbocycles. The van der Waals surface area contributed by atoms with Gasteiger partial charge >= 0.3 is 5.97 Å². The first kappa shape index (κ1) is 19.3. The van der Waals surface area contributed by atoms with Crippen LogP contribution in [0.2, 0.25) is 0 Å². The van der Waals surface area contributed by atoms with E-state index in [0.29, 0.717) is 22.6 Å². The minimum Gasteiger partial charge on any atom is -0.497 e. The number of methoxy groups -OCH3 is 1. The summed E-state index contributed by atoms with van der Waals surface area (Å²) in [6.07, 6.45) is -1.15. The van der Waals surface area contributed by atoms with Gasteiger partial charge in [0.25, 0.3) is 5.91 Å². The van der Waals surface area contributed by atoms with E-state index in [9.17, 15) is 9.59 Å². The molecule has 6 nitrogen and oxygen atoms in total. The zero-order chi connectivity index (χ0) is 20.9. The van der Waals surface area contributed by atoms with Crippen LogP contribution in [0.4, 0.5) is 5.69 Å². The third kappa shape index (κ3) is 4.17. The summed E-state index contributed by atoms with van der Waals surface area (Å²) in [5.74, 6) is -0.575. The second-order valence-electron chi connectivity index (χ2n) is 6.57. The van der Waals surface area contributed by atoms with Crippen molar-refractivity contribution in [1.82, 2.24) is 0 Å². The molecule has 4 rings (SSSR count). The Kier molecular flexibility index (Phi) is 5.48. The minimum absolute atomic E-state index is 0.0336. The molecular weight excluding hydrogens is 382 g/mol. The highest BCUT2D eigenvalue weighted by Crippen LogP contribution is 2.25. The lowest BCUT2D eigenvalue weighted by Gasteiger charge is -2.17. The summed E-state index contributed by atoms with van der Waals surface area (Å²) in [5, 5.41) is 3.55. The van der Waals surface area contributed by atoms with Gasteiger partial charge in [-0.25, -0.2) is 4.79 Å². The summed E-state index contributed by atoms with van der Waals surface area (Å²) < 4.78 is 16.3. The molecule has 30 heavy (non-hydrogen) atoms. The van der Waals surface area contributed by atoms with Gasteiger partial charge in [0.2, 0.25) is 11.9 Å². The number of fused-ring (bicyclic) bond motifs is 1. The van der Waals surface area contributed by atoms with Gasteiger partial charge in [-0.2, -0.15) is 0 Å². The molecule has 1 heterocycles. The number of rotatable bonds is 6. The van der Waals surface area contributed by atoms with Crippen molar-refractivity contribution in [3.8, 4) is 5.75 Å². The smallest absolute Gasteiger partial charge is 0.375 e.